The van der Waals surface area contributed by atoms with E-state index in [9.17, 15) is 9.90 Å². The van der Waals surface area contributed by atoms with Crippen LogP contribution in [0.1, 0.15) is 26.3 Å². The number of aromatic hydroxyl groups is 1. The van der Waals surface area contributed by atoms with Crippen LogP contribution in [-0.2, 0) is 4.79 Å². The molecule has 1 aromatic rings. The Hall–Kier alpha value is -2.83. The lowest BCUT2D eigenvalue weighted by Gasteiger charge is -2.39. The summed E-state index contributed by atoms with van der Waals surface area (Å²) in [6.45, 7) is 8.16. The normalized spacial score (nSPS) is 15.7. The highest BCUT2D eigenvalue weighted by Gasteiger charge is 2.30. The van der Waals surface area contributed by atoms with Gasteiger partial charge in [-0.2, -0.15) is 0 Å². The number of hydrogen-bond donors (Lipinski definition) is 4. The molecule has 1 heterocycles. The van der Waals surface area contributed by atoms with E-state index in [1.807, 2.05) is 30.6 Å². The molecule has 0 bridgehead atoms. The van der Waals surface area contributed by atoms with Gasteiger partial charge in [-0.3, -0.25) is 4.79 Å². The molecule has 0 spiro atoms. The molecule has 2 rings (SSSR count). The number of phenols is 1. The first-order chi connectivity index (χ1) is 12.1. The Kier molecular flexibility index (Phi) is 5.69. The van der Waals surface area contributed by atoms with Gasteiger partial charge >= 0.3 is 0 Å². The maximum absolute atomic E-state index is 12.4. The van der Waals surface area contributed by atoms with Crippen LogP contribution < -0.4 is 17.2 Å². The molecule has 0 aliphatic carbocycles. The van der Waals surface area contributed by atoms with Crippen molar-refractivity contribution in [2.75, 3.05) is 26.2 Å². The van der Waals surface area contributed by atoms with Crippen LogP contribution in [0.5, 0.6) is 5.75 Å². The van der Waals surface area contributed by atoms with Crippen molar-refractivity contribution >= 4 is 11.6 Å². The maximum atomic E-state index is 12.4. The fraction of sp³-hybridized carbons (Fsp3) is 0.421. The Bertz CT molecular complexity index is 722. The molecule has 7 heteroatoms. The Morgan fingerprint density at radius 2 is 1.58 bits per heavy atom. The third-order valence-corrected chi connectivity index (χ3v) is 4.35. The van der Waals surface area contributed by atoms with Crippen molar-refractivity contribution in [3.05, 3.63) is 47.4 Å². The second-order valence-electron chi connectivity index (χ2n) is 7.49. The average Bonchev–Trinajstić information content (AvgIpc) is 2.58. The molecule has 0 saturated carbocycles. The smallest absolute Gasteiger partial charge is 0.228 e. The van der Waals surface area contributed by atoms with Crippen molar-refractivity contribution in [2.45, 2.75) is 20.8 Å². The number of benzene rings is 1. The monoisotopic (exact) mass is 359 g/mol. The van der Waals surface area contributed by atoms with E-state index < -0.39 is 5.41 Å². The summed E-state index contributed by atoms with van der Waals surface area (Å²) in [6.07, 6.45) is 1.67. The summed E-state index contributed by atoms with van der Waals surface area (Å²) in [7, 11) is 0. The summed E-state index contributed by atoms with van der Waals surface area (Å²) in [5.74, 6) is 0.378. The van der Waals surface area contributed by atoms with Crippen LogP contribution in [0.4, 0.5) is 0 Å². The zero-order valence-electron chi connectivity index (χ0n) is 15.7. The molecule has 1 aliphatic rings. The van der Waals surface area contributed by atoms with Gasteiger partial charge in [-0.05, 0) is 18.2 Å². The van der Waals surface area contributed by atoms with E-state index in [1.54, 1.807) is 30.3 Å². The van der Waals surface area contributed by atoms with Crippen LogP contribution in [-0.4, -0.2) is 47.0 Å². The maximum Gasteiger partial charge on any atom is 0.228 e. The van der Waals surface area contributed by atoms with E-state index in [1.165, 1.54) is 0 Å². The zero-order valence-corrected chi connectivity index (χ0v) is 15.7. The number of allylic oxidation sites excluding steroid dienone is 1. The van der Waals surface area contributed by atoms with E-state index in [0.717, 1.165) is 0 Å². The van der Waals surface area contributed by atoms with Gasteiger partial charge in [0.25, 0.3) is 0 Å². The van der Waals surface area contributed by atoms with Gasteiger partial charge in [-0.1, -0.05) is 32.9 Å². The fourth-order valence-corrected chi connectivity index (χ4v) is 2.92. The number of nitrogens with two attached hydrogens (primary N) is 3. The van der Waals surface area contributed by atoms with Crippen LogP contribution in [0.2, 0.25) is 0 Å². The summed E-state index contributed by atoms with van der Waals surface area (Å²) in [4.78, 5) is 16.3. The number of hydrogen-bond acceptors (Lipinski definition) is 6. The van der Waals surface area contributed by atoms with Gasteiger partial charge in [0, 0.05) is 42.9 Å². The van der Waals surface area contributed by atoms with Crippen LogP contribution in [0, 0.1) is 5.41 Å². The van der Waals surface area contributed by atoms with Gasteiger partial charge in [0.1, 0.15) is 11.6 Å². The number of nitrogens with zero attached hydrogens (tertiary/aromatic N) is 2. The van der Waals surface area contributed by atoms with Gasteiger partial charge in [-0.15, -0.1) is 0 Å². The van der Waals surface area contributed by atoms with Crippen molar-refractivity contribution < 1.29 is 9.90 Å². The second kappa shape index (κ2) is 7.59. The van der Waals surface area contributed by atoms with E-state index in [0.29, 0.717) is 43.1 Å². The lowest BCUT2D eigenvalue weighted by Crippen LogP contribution is -2.51. The van der Waals surface area contributed by atoms with Gasteiger partial charge < -0.3 is 32.1 Å². The Morgan fingerprint density at radius 1 is 1.04 bits per heavy atom. The molecule has 7 N–H and O–H groups in total. The van der Waals surface area contributed by atoms with Crippen molar-refractivity contribution in [3.63, 3.8) is 0 Å². The van der Waals surface area contributed by atoms with Gasteiger partial charge in [0.15, 0.2) is 0 Å². The predicted molar refractivity (Wildman–Crippen MR) is 103 cm³/mol. The summed E-state index contributed by atoms with van der Waals surface area (Å²) in [5.41, 5.74) is 19.0. The van der Waals surface area contributed by atoms with Gasteiger partial charge in [-0.25, -0.2) is 0 Å². The molecule has 1 saturated heterocycles. The minimum atomic E-state index is -0.400. The molecular weight excluding hydrogens is 330 g/mol. The third-order valence-electron chi connectivity index (χ3n) is 4.35. The quantitative estimate of drug-likeness (QED) is 0.597. The topological polar surface area (TPSA) is 122 Å². The van der Waals surface area contributed by atoms with E-state index >= 15 is 0 Å². The largest absolute Gasteiger partial charge is 0.507 e. The number of carbonyl (C=O) groups is 1. The highest BCUT2D eigenvalue weighted by molar-refractivity contribution is 5.81. The van der Waals surface area contributed by atoms with Crippen LogP contribution in [0.25, 0.3) is 5.70 Å². The Labute approximate surface area is 154 Å². The standard InChI is InChI=1S/C19H29N5O2/c1-19(2,3)18(26)24-10-8-23(9-11-24)15(17(21)22)12-14(20)13-6-4-5-7-16(13)25/h4-7,12,25H,8-11,20-22H2,1-3H3/b14-12-. The summed E-state index contributed by atoms with van der Waals surface area (Å²) < 4.78 is 0. The second-order valence-corrected chi connectivity index (χ2v) is 7.49. The average molecular weight is 359 g/mol. The number of amides is 1. The zero-order chi connectivity index (χ0) is 19.5. The molecule has 0 radical (unpaired) electrons. The van der Waals surface area contributed by atoms with E-state index in [4.69, 9.17) is 17.2 Å². The Morgan fingerprint density at radius 3 is 2.08 bits per heavy atom. The molecule has 1 fully saturated rings. The molecular formula is C19H29N5O2. The van der Waals surface area contributed by atoms with E-state index in [2.05, 4.69) is 0 Å². The highest BCUT2D eigenvalue weighted by atomic mass is 16.3. The minimum Gasteiger partial charge on any atom is -0.507 e. The fourth-order valence-electron chi connectivity index (χ4n) is 2.92. The third kappa shape index (κ3) is 4.41. The molecule has 0 aromatic heterocycles. The molecule has 0 atom stereocenters. The Balaban J connectivity index is 2.16. The molecule has 1 amide bonds. The van der Waals surface area contributed by atoms with Gasteiger partial charge in [0.05, 0.1) is 5.70 Å². The lowest BCUT2D eigenvalue weighted by atomic mass is 9.94. The summed E-state index contributed by atoms with van der Waals surface area (Å²) in [6, 6.07) is 6.82. The van der Waals surface area contributed by atoms with Crippen molar-refractivity contribution in [1.82, 2.24) is 9.80 Å². The SMILES string of the molecule is CC(C)(C)C(=O)N1CCN(C(/C=C(\N)c2ccccc2O)=C(N)N)CC1. The number of para-hydroxylation sites is 1. The first kappa shape index (κ1) is 19.5. The van der Waals surface area contributed by atoms with E-state index in [-0.39, 0.29) is 17.5 Å². The minimum absolute atomic E-state index is 0.0942. The lowest BCUT2D eigenvalue weighted by molar-refractivity contribution is -0.140. The first-order valence-corrected chi connectivity index (χ1v) is 8.66. The molecule has 1 aliphatic heterocycles. The summed E-state index contributed by atoms with van der Waals surface area (Å²) >= 11 is 0. The number of piperazine rings is 1. The van der Waals surface area contributed by atoms with Gasteiger partial charge in [0.2, 0.25) is 5.91 Å². The molecule has 0 unspecified atom stereocenters. The van der Waals surface area contributed by atoms with Crippen molar-refractivity contribution in [1.29, 1.82) is 0 Å². The molecule has 142 valence electrons. The van der Waals surface area contributed by atoms with Crippen LogP contribution in [0.3, 0.4) is 0 Å². The predicted octanol–water partition coefficient (Wildman–Crippen LogP) is 0.969. The van der Waals surface area contributed by atoms with Crippen molar-refractivity contribution in [2.24, 2.45) is 22.6 Å². The summed E-state index contributed by atoms with van der Waals surface area (Å²) in [5, 5.41) is 9.96. The van der Waals surface area contributed by atoms with Crippen molar-refractivity contribution in [3.8, 4) is 5.75 Å². The molecule has 26 heavy (non-hydrogen) atoms. The first-order valence-electron chi connectivity index (χ1n) is 8.66. The highest BCUT2D eigenvalue weighted by Crippen LogP contribution is 2.24. The molecule has 1 aromatic carbocycles. The van der Waals surface area contributed by atoms with Crippen LogP contribution in [0.15, 0.2) is 41.9 Å². The molecule has 7 nitrogen and oxygen atoms in total. The number of rotatable bonds is 3. The van der Waals surface area contributed by atoms with Crippen LogP contribution >= 0.6 is 0 Å². The number of phenolic OH excluding ortho intramolecular Hbond substituents is 1. The number of carbonyl (C=O) groups excluding carboxylic acids is 1.